The van der Waals surface area contributed by atoms with Crippen molar-refractivity contribution in [3.8, 4) is 5.75 Å². The number of amides is 1. The molecule has 0 radical (unpaired) electrons. The number of carbonyl (C=O) groups is 1. The molecule has 2 N–H and O–H groups in total. The van der Waals surface area contributed by atoms with Crippen molar-refractivity contribution in [3.63, 3.8) is 0 Å². The Balaban J connectivity index is 3.15. The van der Waals surface area contributed by atoms with Crippen molar-refractivity contribution >= 4 is 22.7 Å². The van der Waals surface area contributed by atoms with E-state index in [1.54, 1.807) is 6.07 Å². The maximum absolute atomic E-state index is 11.0. The van der Waals surface area contributed by atoms with E-state index < -0.39 is 11.1 Å². The summed E-state index contributed by atoms with van der Waals surface area (Å²) in [5.74, 6) is 0.161. The predicted molar refractivity (Wildman–Crippen MR) is 56.3 cm³/mol. The first kappa shape index (κ1) is 11.7. The number of benzene rings is 1. The summed E-state index contributed by atoms with van der Waals surface area (Å²) >= 11 is -2.16. The monoisotopic (exact) mass is 229 g/mol. The molecule has 1 amide bonds. The fourth-order valence-electron chi connectivity index (χ4n) is 1.07. The molecule has 5 nitrogen and oxygen atoms in total. The molecule has 1 rings (SSSR count). The summed E-state index contributed by atoms with van der Waals surface area (Å²) in [6.45, 7) is 1.33. The Morgan fingerprint density at radius 3 is 2.67 bits per heavy atom. The van der Waals surface area contributed by atoms with Crippen LogP contribution in [0.4, 0.5) is 5.69 Å². The van der Waals surface area contributed by atoms with Gasteiger partial charge in [-0.2, -0.15) is 0 Å². The minimum absolute atomic E-state index is 0.115. The SMILES string of the molecule is COc1ccc(NC(C)=O)c(S(=O)O)c1. The third-order valence-electron chi connectivity index (χ3n) is 1.69. The number of anilines is 1. The van der Waals surface area contributed by atoms with Crippen molar-refractivity contribution in [2.24, 2.45) is 0 Å². The topological polar surface area (TPSA) is 75.6 Å². The van der Waals surface area contributed by atoms with Crippen LogP contribution in [0.25, 0.3) is 0 Å². The van der Waals surface area contributed by atoms with E-state index in [9.17, 15) is 9.00 Å². The zero-order valence-corrected chi connectivity index (χ0v) is 9.13. The van der Waals surface area contributed by atoms with E-state index in [4.69, 9.17) is 9.29 Å². The molecule has 0 saturated carbocycles. The molecule has 15 heavy (non-hydrogen) atoms. The van der Waals surface area contributed by atoms with Crippen LogP contribution in [0.1, 0.15) is 6.92 Å². The highest BCUT2D eigenvalue weighted by atomic mass is 32.2. The Morgan fingerprint density at radius 1 is 1.53 bits per heavy atom. The van der Waals surface area contributed by atoms with Gasteiger partial charge in [0.15, 0.2) is 11.1 Å². The third kappa shape index (κ3) is 3.03. The second-order valence-corrected chi connectivity index (χ2v) is 3.73. The van der Waals surface area contributed by atoms with Crippen LogP contribution in [0.15, 0.2) is 23.1 Å². The molecule has 0 saturated heterocycles. The lowest BCUT2D eigenvalue weighted by atomic mass is 10.3. The molecule has 0 aliphatic heterocycles. The van der Waals surface area contributed by atoms with Crippen molar-refractivity contribution in [1.82, 2.24) is 0 Å². The van der Waals surface area contributed by atoms with Gasteiger partial charge in [0.05, 0.1) is 17.7 Å². The highest BCUT2D eigenvalue weighted by Crippen LogP contribution is 2.24. The highest BCUT2D eigenvalue weighted by Gasteiger charge is 2.10. The zero-order chi connectivity index (χ0) is 11.4. The number of carbonyl (C=O) groups excluding carboxylic acids is 1. The summed E-state index contributed by atoms with van der Waals surface area (Å²) in [7, 11) is 1.46. The molecule has 0 bridgehead atoms. The molecule has 0 aliphatic rings. The predicted octanol–water partition coefficient (Wildman–Crippen LogP) is 1.23. The Bertz CT molecular complexity index is 405. The van der Waals surface area contributed by atoms with E-state index in [0.717, 1.165) is 0 Å². The Hall–Kier alpha value is -1.40. The number of nitrogens with one attached hydrogen (secondary N) is 1. The van der Waals surface area contributed by atoms with Crippen molar-refractivity contribution in [1.29, 1.82) is 0 Å². The van der Waals surface area contributed by atoms with Crippen LogP contribution in [0, 0.1) is 0 Å². The van der Waals surface area contributed by atoms with E-state index in [-0.39, 0.29) is 10.8 Å². The maximum atomic E-state index is 11.0. The van der Waals surface area contributed by atoms with E-state index in [0.29, 0.717) is 11.4 Å². The number of rotatable bonds is 3. The van der Waals surface area contributed by atoms with Gasteiger partial charge in [-0.3, -0.25) is 4.79 Å². The molecule has 6 heteroatoms. The molecule has 0 aliphatic carbocycles. The van der Waals surface area contributed by atoms with Gasteiger partial charge < -0.3 is 14.6 Å². The van der Waals surface area contributed by atoms with E-state index in [2.05, 4.69) is 5.32 Å². The van der Waals surface area contributed by atoms with Crippen LogP contribution in [0.3, 0.4) is 0 Å². The minimum atomic E-state index is -2.16. The summed E-state index contributed by atoms with van der Waals surface area (Å²) in [6, 6.07) is 4.52. The maximum Gasteiger partial charge on any atom is 0.221 e. The van der Waals surface area contributed by atoms with Crippen LogP contribution in [-0.2, 0) is 15.9 Å². The average Bonchev–Trinajstić information content (AvgIpc) is 2.17. The van der Waals surface area contributed by atoms with Crippen molar-refractivity contribution in [2.45, 2.75) is 11.8 Å². The lowest BCUT2D eigenvalue weighted by Crippen LogP contribution is -2.08. The first-order valence-corrected chi connectivity index (χ1v) is 5.21. The molecule has 1 aromatic rings. The second kappa shape index (κ2) is 4.90. The first-order valence-electron chi connectivity index (χ1n) is 4.11. The van der Waals surface area contributed by atoms with Crippen LogP contribution in [-0.4, -0.2) is 21.8 Å². The molecular weight excluding hydrogens is 218 g/mol. The van der Waals surface area contributed by atoms with Gasteiger partial charge in [-0.25, -0.2) is 4.21 Å². The van der Waals surface area contributed by atoms with Crippen molar-refractivity contribution in [3.05, 3.63) is 18.2 Å². The van der Waals surface area contributed by atoms with Crippen molar-refractivity contribution < 1.29 is 18.3 Å². The molecule has 0 heterocycles. The molecular formula is C9H11NO4S. The van der Waals surface area contributed by atoms with E-state index >= 15 is 0 Å². The first-order chi connectivity index (χ1) is 7.04. The summed E-state index contributed by atoms with van der Waals surface area (Å²) in [5, 5.41) is 2.46. The second-order valence-electron chi connectivity index (χ2n) is 2.79. The number of ether oxygens (including phenoxy) is 1. The normalized spacial score (nSPS) is 11.9. The largest absolute Gasteiger partial charge is 0.497 e. The summed E-state index contributed by atoms with van der Waals surface area (Å²) < 4.78 is 24.9. The molecule has 0 aromatic heterocycles. The number of hydrogen-bond acceptors (Lipinski definition) is 3. The van der Waals surface area contributed by atoms with Crippen LogP contribution >= 0.6 is 0 Å². The molecule has 1 unspecified atom stereocenters. The van der Waals surface area contributed by atoms with Crippen molar-refractivity contribution in [2.75, 3.05) is 12.4 Å². The van der Waals surface area contributed by atoms with Crippen LogP contribution in [0.2, 0.25) is 0 Å². The van der Waals surface area contributed by atoms with Crippen LogP contribution < -0.4 is 10.1 Å². The zero-order valence-electron chi connectivity index (χ0n) is 8.31. The smallest absolute Gasteiger partial charge is 0.221 e. The number of methoxy groups -OCH3 is 1. The van der Waals surface area contributed by atoms with Gasteiger partial charge in [0.1, 0.15) is 5.75 Å². The van der Waals surface area contributed by atoms with Gasteiger partial charge in [0.2, 0.25) is 5.91 Å². The lowest BCUT2D eigenvalue weighted by Gasteiger charge is -2.08. The molecule has 1 atom stereocenters. The molecule has 82 valence electrons. The lowest BCUT2D eigenvalue weighted by molar-refractivity contribution is -0.114. The van der Waals surface area contributed by atoms with Gasteiger partial charge in [0, 0.05) is 13.0 Å². The summed E-state index contributed by atoms with van der Waals surface area (Å²) in [4.78, 5) is 10.9. The molecule has 1 aromatic carbocycles. The van der Waals surface area contributed by atoms with Gasteiger partial charge >= 0.3 is 0 Å². The third-order valence-corrected chi connectivity index (χ3v) is 2.40. The Morgan fingerprint density at radius 2 is 2.20 bits per heavy atom. The van der Waals surface area contributed by atoms with E-state index in [1.807, 2.05) is 0 Å². The Labute approximate surface area is 89.7 Å². The average molecular weight is 229 g/mol. The minimum Gasteiger partial charge on any atom is -0.497 e. The summed E-state index contributed by atoms with van der Waals surface area (Å²) in [5.41, 5.74) is 0.309. The van der Waals surface area contributed by atoms with Gasteiger partial charge in [-0.1, -0.05) is 0 Å². The van der Waals surface area contributed by atoms with Crippen LogP contribution in [0.5, 0.6) is 5.75 Å². The molecule has 0 spiro atoms. The van der Waals surface area contributed by atoms with E-state index in [1.165, 1.54) is 26.2 Å². The fourth-order valence-corrected chi connectivity index (χ4v) is 1.59. The quantitative estimate of drug-likeness (QED) is 0.764. The molecule has 0 fully saturated rings. The van der Waals surface area contributed by atoms with Gasteiger partial charge in [-0.05, 0) is 12.1 Å². The highest BCUT2D eigenvalue weighted by molar-refractivity contribution is 7.79. The Kier molecular flexibility index (Phi) is 3.81. The van der Waals surface area contributed by atoms with Gasteiger partial charge in [-0.15, -0.1) is 0 Å². The fraction of sp³-hybridized carbons (Fsp3) is 0.222. The standard InChI is InChI=1S/C9H11NO4S/c1-6(11)10-8-4-3-7(14-2)5-9(8)15(12)13/h3-5H,1-2H3,(H,10,11)(H,12,13). The van der Waals surface area contributed by atoms with Gasteiger partial charge in [0.25, 0.3) is 0 Å². The number of hydrogen-bond donors (Lipinski definition) is 2. The summed E-state index contributed by atoms with van der Waals surface area (Å²) in [6.07, 6.45) is 0.